The molecule has 25 heavy (non-hydrogen) atoms. The minimum atomic E-state index is -0.388. The second kappa shape index (κ2) is 7.11. The van der Waals surface area contributed by atoms with E-state index < -0.39 is 0 Å². The number of carbonyl (C=O) groups excluding carboxylic acids is 1. The molecule has 1 amide bonds. The summed E-state index contributed by atoms with van der Waals surface area (Å²) in [6, 6.07) is 1.58. The van der Waals surface area contributed by atoms with Crippen LogP contribution in [0.5, 0.6) is 0 Å². The van der Waals surface area contributed by atoms with Gasteiger partial charge in [-0.25, -0.2) is 4.79 Å². The number of likely N-dealkylation sites (N-methyl/N-ethyl adjacent to an activating group) is 1. The number of fused-ring (bicyclic) bond motifs is 1. The van der Waals surface area contributed by atoms with E-state index in [4.69, 9.17) is 0 Å². The van der Waals surface area contributed by atoms with E-state index in [-0.39, 0.29) is 17.2 Å². The molecule has 0 unspecified atom stereocenters. The summed E-state index contributed by atoms with van der Waals surface area (Å²) in [7, 11) is 5.16. The Morgan fingerprint density at radius 1 is 1.12 bits per heavy atom. The molecule has 0 bridgehead atoms. The van der Waals surface area contributed by atoms with Crippen molar-refractivity contribution in [1.29, 1.82) is 0 Å². The first-order valence-electron chi connectivity index (χ1n) is 8.27. The van der Waals surface area contributed by atoms with Crippen molar-refractivity contribution >= 4 is 27.5 Å². The first-order valence-corrected chi connectivity index (χ1v) is 9.09. The number of rotatable bonds is 4. The average molecular weight is 365 g/mol. The van der Waals surface area contributed by atoms with Crippen LogP contribution < -0.4 is 16.6 Å². The molecule has 0 spiro atoms. The maximum absolute atomic E-state index is 12.4. The van der Waals surface area contributed by atoms with Crippen LogP contribution in [0.4, 0.5) is 0 Å². The molecule has 0 saturated carbocycles. The molecule has 2 aromatic heterocycles. The smallest absolute Gasteiger partial charge is 0.331 e. The van der Waals surface area contributed by atoms with Gasteiger partial charge in [-0.05, 0) is 13.1 Å². The summed E-state index contributed by atoms with van der Waals surface area (Å²) in [6.45, 7) is 5.47. The number of aromatic nitrogens is 2. The van der Waals surface area contributed by atoms with Crippen LogP contribution in [0.3, 0.4) is 0 Å². The van der Waals surface area contributed by atoms with Crippen molar-refractivity contribution in [2.24, 2.45) is 14.1 Å². The van der Waals surface area contributed by atoms with Crippen molar-refractivity contribution in [1.82, 2.24) is 24.3 Å². The Morgan fingerprint density at radius 3 is 2.48 bits per heavy atom. The topological polar surface area (TPSA) is 79.6 Å². The number of nitrogens with one attached hydrogen (secondary N) is 1. The minimum absolute atomic E-state index is 0.204. The molecule has 0 aliphatic carbocycles. The highest BCUT2D eigenvalue weighted by Crippen LogP contribution is 2.21. The highest BCUT2D eigenvalue weighted by Gasteiger charge is 2.17. The quantitative estimate of drug-likeness (QED) is 0.773. The fraction of sp³-hybridized carbons (Fsp3) is 0.562. The van der Waals surface area contributed by atoms with E-state index in [1.165, 1.54) is 23.0 Å². The molecule has 3 rings (SSSR count). The van der Waals surface area contributed by atoms with Gasteiger partial charge in [0.05, 0.1) is 10.3 Å². The third-order valence-corrected chi connectivity index (χ3v) is 5.87. The molecule has 0 atom stereocenters. The van der Waals surface area contributed by atoms with Crippen molar-refractivity contribution in [2.75, 3.05) is 46.3 Å². The summed E-state index contributed by atoms with van der Waals surface area (Å²) in [5.41, 5.74) is -0.757. The summed E-state index contributed by atoms with van der Waals surface area (Å²) >= 11 is 1.17. The monoisotopic (exact) mass is 365 g/mol. The van der Waals surface area contributed by atoms with Crippen LogP contribution in [0.1, 0.15) is 9.67 Å². The van der Waals surface area contributed by atoms with E-state index in [0.717, 1.165) is 37.3 Å². The van der Waals surface area contributed by atoms with Crippen molar-refractivity contribution in [3.05, 3.63) is 31.8 Å². The maximum Gasteiger partial charge on any atom is 0.331 e. The standard InChI is InChI=1S/C16H23N5O3S/c1-18-6-8-21(9-7-18)5-4-17-13(22)12-10-11-14(23)19(2)16(24)20(3)15(11)25-12/h10H,4-9H2,1-3H3,(H,17,22). The number of thiophene rings is 1. The van der Waals surface area contributed by atoms with E-state index in [9.17, 15) is 14.4 Å². The molecule has 1 N–H and O–H groups in total. The number of piperazine rings is 1. The number of aryl methyl sites for hydroxylation is 1. The molecule has 9 heteroatoms. The normalized spacial score (nSPS) is 16.4. The van der Waals surface area contributed by atoms with Crippen molar-refractivity contribution in [2.45, 2.75) is 0 Å². The van der Waals surface area contributed by atoms with Crippen molar-refractivity contribution < 1.29 is 4.79 Å². The lowest BCUT2D eigenvalue weighted by Crippen LogP contribution is -2.46. The van der Waals surface area contributed by atoms with E-state index in [1.54, 1.807) is 13.1 Å². The number of amides is 1. The number of hydrogen-bond donors (Lipinski definition) is 1. The third kappa shape index (κ3) is 3.53. The van der Waals surface area contributed by atoms with Gasteiger partial charge >= 0.3 is 5.69 Å². The molecular weight excluding hydrogens is 342 g/mol. The fourth-order valence-corrected chi connectivity index (χ4v) is 3.98. The first-order chi connectivity index (χ1) is 11.9. The van der Waals surface area contributed by atoms with Gasteiger partial charge in [0, 0.05) is 53.4 Å². The Morgan fingerprint density at radius 2 is 1.80 bits per heavy atom. The van der Waals surface area contributed by atoms with Crippen LogP contribution in [0.15, 0.2) is 15.7 Å². The van der Waals surface area contributed by atoms with Gasteiger partial charge in [0.15, 0.2) is 0 Å². The summed E-state index contributed by atoms with van der Waals surface area (Å²) in [6.07, 6.45) is 0. The van der Waals surface area contributed by atoms with Gasteiger partial charge in [-0.1, -0.05) is 0 Å². The van der Waals surface area contributed by atoms with E-state index >= 15 is 0 Å². The Labute approximate surface area is 149 Å². The lowest BCUT2D eigenvalue weighted by atomic mass is 10.3. The molecule has 1 saturated heterocycles. The lowest BCUT2D eigenvalue weighted by Gasteiger charge is -2.32. The summed E-state index contributed by atoms with van der Waals surface area (Å²) in [4.78, 5) is 42.1. The zero-order chi connectivity index (χ0) is 18.1. The molecule has 0 radical (unpaired) electrons. The van der Waals surface area contributed by atoms with Crippen LogP contribution >= 0.6 is 11.3 Å². The predicted molar refractivity (Wildman–Crippen MR) is 98.6 cm³/mol. The molecule has 136 valence electrons. The zero-order valence-corrected chi connectivity index (χ0v) is 15.6. The van der Waals surface area contributed by atoms with Gasteiger partial charge in [0.1, 0.15) is 4.83 Å². The molecule has 1 fully saturated rings. The van der Waals surface area contributed by atoms with Crippen LogP contribution in [0, 0.1) is 0 Å². The molecule has 1 aliphatic rings. The van der Waals surface area contributed by atoms with Gasteiger partial charge in [-0.3, -0.25) is 23.6 Å². The van der Waals surface area contributed by atoms with Gasteiger partial charge in [0.2, 0.25) is 0 Å². The predicted octanol–water partition coefficient (Wildman–Crippen LogP) is -0.724. The van der Waals surface area contributed by atoms with Gasteiger partial charge < -0.3 is 10.2 Å². The van der Waals surface area contributed by atoms with Gasteiger partial charge in [-0.15, -0.1) is 11.3 Å². The summed E-state index contributed by atoms with van der Waals surface area (Å²) < 4.78 is 2.46. The lowest BCUT2D eigenvalue weighted by molar-refractivity contribution is 0.0945. The minimum Gasteiger partial charge on any atom is -0.350 e. The highest BCUT2D eigenvalue weighted by molar-refractivity contribution is 7.20. The van der Waals surface area contributed by atoms with E-state index in [1.807, 2.05) is 0 Å². The Kier molecular flexibility index (Phi) is 5.07. The Bertz CT molecular complexity index is 905. The van der Waals surface area contributed by atoms with Gasteiger partial charge in [0.25, 0.3) is 11.5 Å². The SMILES string of the molecule is CN1CCN(CCNC(=O)c2cc3c(=O)n(C)c(=O)n(C)c3s2)CC1. The molecule has 3 heterocycles. The molecule has 8 nitrogen and oxygen atoms in total. The maximum atomic E-state index is 12.4. The molecular formula is C16H23N5O3S. The number of carbonyl (C=O) groups is 1. The van der Waals surface area contributed by atoms with E-state index in [0.29, 0.717) is 21.6 Å². The van der Waals surface area contributed by atoms with Gasteiger partial charge in [-0.2, -0.15) is 0 Å². The van der Waals surface area contributed by atoms with Crippen LogP contribution in [-0.4, -0.2) is 71.2 Å². The fourth-order valence-electron chi connectivity index (χ4n) is 2.96. The van der Waals surface area contributed by atoms with Crippen LogP contribution in [0.2, 0.25) is 0 Å². The third-order valence-electron chi connectivity index (χ3n) is 4.66. The Hall–Kier alpha value is -1.97. The van der Waals surface area contributed by atoms with Crippen molar-refractivity contribution in [3.63, 3.8) is 0 Å². The van der Waals surface area contributed by atoms with E-state index in [2.05, 4.69) is 22.2 Å². The van der Waals surface area contributed by atoms with Crippen molar-refractivity contribution in [3.8, 4) is 0 Å². The molecule has 1 aliphatic heterocycles. The average Bonchev–Trinajstić information content (AvgIpc) is 3.05. The molecule has 0 aromatic carbocycles. The summed E-state index contributed by atoms with van der Waals surface area (Å²) in [5, 5.41) is 3.31. The zero-order valence-electron chi connectivity index (χ0n) is 14.7. The number of nitrogens with zero attached hydrogens (tertiary/aromatic N) is 4. The van der Waals surface area contributed by atoms with Crippen LogP contribution in [-0.2, 0) is 14.1 Å². The largest absolute Gasteiger partial charge is 0.350 e. The second-order valence-electron chi connectivity index (χ2n) is 6.44. The highest BCUT2D eigenvalue weighted by atomic mass is 32.1. The summed E-state index contributed by atoms with van der Waals surface area (Å²) in [5.74, 6) is -0.204. The number of hydrogen-bond acceptors (Lipinski definition) is 6. The Balaban J connectivity index is 1.68. The second-order valence-corrected chi connectivity index (χ2v) is 7.47. The molecule has 2 aromatic rings. The first kappa shape index (κ1) is 17.8. The van der Waals surface area contributed by atoms with Crippen LogP contribution in [0.25, 0.3) is 10.2 Å².